The highest BCUT2D eigenvalue weighted by molar-refractivity contribution is 8.18. The second-order valence-corrected chi connectivity index (χ2v) is 7.75. The van der Waals surface area contributed by atoms with Crippen LogP contribution in [0.4, 0.5) is 4.79 Å². The van der Waals surface area contributed by atoms with Gasteiger partial charge < -0.3 is 9.64 Å². The first-order valence-electron chi connectivity index (χ1n) is 9.17. The van der Waals surface area contributed by atoms with Gasteiger partial charge in [0.15, 0.2) is 0 Å². The van der Waals surface area contributed by atoms with Crippen LogP contribution in [0.3, 0.4) is 0 Å². The van der Waals surface area contributed by atoms with Crippen molar-refractivity contribution >= 4 is 45.7 Å². The highest BCUT2D eigenvalue weighted by Crippen LogP contribution is 2.36. The van der Waals surface area contributed by atoms with Crippen molar-refractivity contribution in [1.29, 1.82) is 0 Å². The van der Waals surface area contributed by atoms with E-state index in [1.165, 1.54) is 0 Å². The van der Waals surface area contributed by atoms with Crippen molar-refractivity contribution in [2.45, 2.75) is 12.8 Å². The minimum absolute atomic E-state index is 0.177. The molecule has 0 spiro atoms. The Kier molecular flexibility index (Phi) is 5.09. The minimum Gasteiger partial charge on any atom is -0.496 e. The van der Waals surface area contributed by atoms with Crippen molar-refractivity contribution in [3.63, 3.8) is 0 Å². The zero-order chi connectivity index (χ0) is 19.7. The molecule has 2 aromatic rings. The number of methoxy groups -OCH3 is 1. The third-order valence-electron chi connectivity index (χ3n) is 5.05. The molecule has 0 saturated carbocycles. The normalized spacial score (nSPS) is 18.5. The second-order valence-electron chi connectivity index (χ2n) is 6.76. The van der Waals surface area contributed by atoms with Crippen LogP contribution in [0.5, 0.6) is 5.75 Å². The maximum atomic E-state index is 12.8. The maximum absolute atomic E-state index is 12.8. The predicted molar refractivity (Wildman–Crippen MR) is 109 cm³/mol. The number of thioether (sulfide) groups is 1. The van der Waals surface area contributed by atoms with Gasteiger partial charge in [-0.25, -0.2) is 0 Å². The van der Waals surface area contributed by atoms with Gasteiger partial charge in [0.1, 0.15) is 12.3 Å². The summed E-state index contributed by atoms with van der Waals surface area (Å²) in [5.74, 6) is 0.0139. The average molecular weight is 396 g/mol. The smallest absolute Gasteiger partial charge is 0.294 e. The van der Waals surface area contributed by atoms with Gasteiger partial charge in [-0.05, 0) is 47.5 Å². The molecular formula is C21H20N2O4S. The fraction of sp³-hybridized carbons (Fsp3) is 0.286. The lowest BCUT2D eigenvalue weighted by atomic mass is 10.0. The number of hydrogen-bond acceptors (Lipinski definition) is 5. The summed E-state index contributed by atoms with van der Waals surface area (Å²) in [6, 6.07) is 11.6. The number of hydrogen-bond donors (Lipinski definition) is 0. The first-order valence-corrected chi connectivity index (χ1v) is 9.99. The molecule has 0 bridgehead atoms. The van der Waals surface area contributed by atoms with Gasteiger partial charge in [0.25, 0.3) is 11.1 Å². The summed E-state index contributed by atoms with van der Waals surface area (Å²) in [7, 11) is 1.57. The summed E-state index contributed by atoms with van der Waals surface area (Å²) in [5.41, 5.74) is 0.747. The number of nitrogens with zero attached hydrogens (tertiary/aromatic N) is 2. The van der Waals surface area contributed by atoms with Crippen LogP contribution >= 0.6 is 11.8 Å². The Balaban J connectivity index is 1.64. The number of likely N-dealkylation sites (tertiary alicyclic amines) is 1. The Morgan fingerprint density at radius 3 is 2.64 bits per heavy atom. The molecule has 2 saturated heterocycles. The Labute approximate surface area is 167 Å². The van der Waals surface area contributed by atoms with Crippen LogP contribution in [0.25, 0.3) is 16.8 Å². The highest BCUT2D eigenvalue weighted by Gasteiger charge is 2.37. The van der Waals surface area contributed by atoms with Crippen molar-refractivity contribution in [1.82, 2.24) is 9.80 Å². The van der Waals surface area contributed by atoms with Gasteiger partial charge in [-0.2, -0.15) is 0 Å². The fourth-order valence-electron chi connectivity index (χ4n) is 3.57. The van der Waals surface area contributed by atoms with Crippen molar-refractivity contribution in [2.24, 2.45) is 0 Å². The molecule has 2 fully saturated rings. The van der Waals surface area contributed by atoms with Crippen LogP contribution in [0, 0.1) is 0 Å². The number of carbonyl (C=O) groups is 3. The molecular weight excluding hydrogens is 376 g/mol. The first-order chi connectivity index (χ1) is 13.6. The van der Waals surface area contributed by atoms with E-state index in [2.05, 4.69) is 0 Å². The van der Waals surface area contributed by atoms with E-state index in [-0.39, 0.29) is 12.5 Å². The van der Waals surface area contributed by atoms with Crippen molar-refractivity contribution < 1.29 is 19.1 Å². The van der Waals surface area contributed by atoms with E-state index in [9.17, 15) is 14.4 Å². The van der Waals surface area contributed by atoms with Gasteiger partial charge in [0.05, 0.1) is 12.0 Å². The van der Waals surface area contributed by atoms with Crippen LogP contribution in [0.15, 0.2) is 41.3 Å². The molecule has 6 nitrogen and oxygen atoms in total. The van der Waals surface area contributed by atoms with Gasteiger partial charge in [-0.15, -0.1) is 0 Å². The molecule has 0 radical (unpaired) electrons. The average Bonchev–Trinajstić information content (AvgIpc) is 3.33. The zero-order valence-corrected chi connectivity index (χ0v) is 16.3. The number of rotatable bonds is 4. The van der Waals surface area contributed by atoms with E-state index in [1.807, 2.05) is 36.4 Å². The predicted octanol–water partition coefficient (Wildman–Crippen LogP) is 3.51. The summed E-state index contributed by atoms with van der Waals surface area (Å²) in [5, 5.41) is 1.53. The van der Waals surface area contributed by atoms with Crippen LogP contribution in [0.2, 0.25) is 0 Å². The molecule has 144 valence electrons. The molecule has 2 aliphatic heterocycles. The summed E-state index contributed by atoms with van der Waals surface area (Å²) >= 11 is 0.861. The number of ether oxygens (including phenoxy) is 1. The van der Waals surface area contributed by atoms with E-state index < -0.39 is 11.1 Å². The van der Waals surface area contributed by atoms with Gasteiger partial charge in [-0.3, -0.25) is 19.3 Å². The van der Waals surface area contributed by atoms with Crippen molar-refractivity contribution in [3.8, 4) is 5.75 Å². The minimum atomic E-state index is -0.433. The fourth-order valence-corrected chi connectivity index (χ4v) is 4.39. The molecule has 0 unspecified atom stereocenters. The Morgan fingerprint density at radius 1 is 1.14 bits per heavy atom. The third-order valence-corrected chi connectivity index (χ3v) is 5.96. The van der Waals surface area contributed by atoms with Crippen LogP contribution in [-0.2, 0) is 9.59 Å². The van der Waals surface area contributed by atoms with Crippen molar-refractivity contribution in [2.75, 3.05) is 26.7 Å². The summed E-state index contributed by atoms with van der Waals surface area (Å²) in [6.45, 7) is 1.19. The Morgan fingerprint density at radius 2 is 1.89 bits per heavy atom. The van der Waals surface area contributed by atoms with E-state index in [0.717, 1.165) is 45.8 Å². The molecule has 2 heterocycles. The molecule has 0 aromatic heterocycles. The van der Waals surface area contributed by atoms with E-state index in [0.29, 0.717) is 23.7 Å². The second kappa shape index (κ2) is 7.67. The largest absolute Gasteiger partial charge is 0.496 e. The van der Waals surface area contributed by atoms with E-state index >= 15 is 0 Å². The Hall–Kier alpha value is -2.80. The van der Waals surface area contributed by atoms with Gasteiger partial charge in [-0.1, -0.05) is 30.3 Å². The molecule has 7 heteroatoms. The van der Waals surface area contributed by atoms with Gasteiger partial charge in [0.2, 0.25) is 5.91 Å². The molecule has 3 amide bonds. The topological polar surface area (TPSA) is 66.9 Å². The van der Waals surface area contributed by atoms with Crippen LogP contribution in [0.1, 0.15) is 18.4 Å². The quantitative estimate of drug-likeness (QED) is 0.740. The standard InChI is InChI=1S/C21H20N2O4S/c1-27-17-9-8-14-6-2-3-7-15(14)16(17)12-18-20(25)23(21(26)28-18)13-19(24)22-10-4-5-11-22/h2-3,6-9,12H,4-5,10-11,13H2,1H3/b18-12+. The molecule has 0 aliphatic carbocycles. The van der Waals surface area contributed by atoms with E-state index in [4.69, 9.17) is 4.74 Å². The number of benzene rings is 2. The monoisotopic (exact) mass is 396 g/mol. The lowest BCUT2D eigenvalue weighted by Crippen LogP contribution is -2.40. The number of fused-ring (bicyclic) bond motifs is 1. The first kappa shape index (κ1) is 18.6. The van der Waals surface area contributed by atoms with Gasteiger partial charge in [0, 0.05) is 18.7 Å². The SMILES string of the molecule is COc1ccc2ccccc2c1/C=C1/SC(=O)N(CC(=O)N2CCCC2)C1=O. The van der Waals surface area contributed by atoms with Crippen LogP contribution < -0.4 is 4.74 Å². The van der Waals surface area contributed by atoms with Crippen LogP contribution in [-0.4, -0.2) is 53.6 Å². The van der Waals surface area contributed by atoms with E-state index in [1.54, 1.807) is 18.1 Å². The zero-order valence-electron chi connectivity index (χ0n) is 15.5. The lowest BCUT2D eigenvalue weighted by Gasteiger charge is -2.18. The number of amides is 3. The molecule has 28 heavy (non-hydrogen) atoms. The molecule has 0 atom stereocenters. The third kappa shape index (κ3) is 3.38. The summed E-state index contributed by atoms with van der Waals surface area (Å²) in [4.78, 5) is 40.6. The number of imide groups is 1. The van der Waals surface area contributed by atoms with Crippen molar-refractivity contribution in [3.05, 3.63) is 46.9 Å². The summed E-state index contributed by atoms with van der Waals surface area (Å²) in [6.07, 6.45) is 3.62. The molecule has 2 aliphatic rings. The molecule has 4 rings (SSSR count). The lowest BCUT2D eigenvalue weighted by molar-refractivity contribution is -0.135. The molecule has 2 aromatic carbocycles. The highest BCUT2D eigenvalue weighted by atomic mass is 32.2. The Bertz CT molecular complexity index is 995. The molecule has 0 N–H and O–H groups in total. The summed E-state index contributed by atoms with van der Waals surface area (Å²) < 4.78 is 5.46. The maximum Gasteiger partial charge on any atom is 0.294 e. The number of carbonyl (C=O) groups excluding carboxylic acids is 3. The van der Waals surface area contributed by atoms with Gasteiger partial charge >= 0.3 is 0 Å².